The number of aliphatic hydroxyl groups excluding tert-OH is 1. The van der Waals surface area contributed by atoms with Crippen molar-refractivity contribution in [3.05, 3.63) is 82.2 Å². The standard InChI is InChI=1S/C19H15BrFN5O.C3H8O.Y/c1-27-25-8-2-3-13(12-25)10-22-18-9-17(14-4-6-15(21)7-5-14)24-19-16(20)11-23-26(18)19;1-3(2)4;/h2-9,11-12H,10H2,1H3;3-4H,1-2H3;. The third-order valence-corrected chi connectivity index (χ3v) is 4.58. The minimum Gasteiger partial charge on any atom is -0.459 e. The average Bonchev–Trinajstić information content (AvgIpc) is 3.13. The first kappa shape index (κ1) is 26.3. The summed E-state index contributed by atoms with van der Waals surface area (Å²) in [5, 5.41) is 17.1. The number of aliphatic hydroxyl groups is 1. The van der Waals surface area contributed by atoms with Gasteiger partial charge in [-0.1, -0.05) is 0 Å². The summed E-state index contributed by atoms with van der Waals surface area (Å²) >= 11 is 3.47. The van der Waals surface area contributed by atoms with E-state index in [2.05, 4.69) is 26.0 Å². The number of hydrogen-bond donors (Lipinski definition) is 1. The number of aromatic nitrogens is 4. The number of halogens is 2. The van der Waals surface area contributed by atoms with Gasteiger partial charge >= 0.3 is 0 Å². The van der Waals surface area contributed by atoms with Crippen molar-refractivity contribution in [1.29, 1.82) is 0 Å². The van der Waals surface area contributed by atoms with Crippen LogP contribution in [0.1, 0.15) is 19.4 Å². The number of hydrogen-bond acceptors (Lipinski definition) is 4. The van der Waals surface area contributed by atoms with Crippen molar-refractivity contribution in [3.8, 4) is 11.3 Å². The molecule has 3 aromatic heterocycles. The average molecular weight is 577 g/mol. The summed E-state index contributed by atoms with van der Waals surface area (Å²) in [6, 6.07) is 11.9. The van der Waals surface area contributed by atoms with Gasteiger partial charge in [0.05, 0.1) is 15.8 Å². The van der Waals surface area contributed by atoms with Crippen molar-refractivity contribution >= 4 is 27.4 Å². The molecule has 0 aliphatic rings. The second kappa shape index (κ2) is 12.3. The van der Waals surface area contributed by atoms with E-state index in [-0.39, 0.29) is 44.6 Å². The molecule has 1 aromatic carbocycles. The fourth-order valence-corrected chi connectivity index (χ4v) is 3.03. The van der Waals surface area contributed by atoms with Crippen LogP contribution in [-0.2, 0) is 39.3 Å². The Labute approximate surface area is 219 Å². The van der Waals surface area contributed by atoms with Gasteiger partial charge in [-0.25, -0.2) is 9.37 Å². The number of rotatable bonds is 5. The van der Waals surface area contributed by atoms with Crippen molar-refractivity contribution in [2.75, 3.05) is 7.11 Å². The predicted molar refractivity (Wildman–Crippen MR) is 119 cm³/mol. The Morgan fingerprint density at radius 1 is 1.25 bits per heavy atom. The van der Waals surface area contributed by atoms with Crippen LogP contribution in [0.2, 0.25) is 0 Å². The van der Waals surface area contributed by atoms with Crippen LogP contribution in [0, 0.1) is 5.82 Å². The van der Waals surface area contributed by atoms with Crippen LogP contribution in [-0.4, -0.2) is 32.9 Å². The largest absolute Gasteiger partial charge is 0.459 e. The van der Waals surface area contributed by atoms with Gasteiger partial charge in [0, 0.05) is 66.9 Å². The first-order valence-electron chi connectivity index (χ1n) is 9.58. The van der Waals surface area contributed by atoms with E-state index in [1.807, 2.05) is 30.6 Å². The van der Waals surface area contributed by atoms with Crippen molar-refractivity contribution in [2.45, 2.75) is 26.5 Å². The normalized spacial score (nSPS) is 10.3. The molecule has 1 radical (unpaired) electrons. The maximum atomic E-state index is 13.2. The van der Waals surface area contributed by atoms with Gasteiger partial charge in [0.25, 0.3) is 0 Å². The third kappa shape index (κ3) is 7.03. The predicted octanol–water partition coefficient (Wildman–Crippen LogP) is 4.23. The van der Waals surface area contributed by atoms with Gasteiger partial charge in [-0.15, -0.1) is 0 Å². The summed E-state index contributed by atoms with van der Waals surface area (Å²) < 4.78 is 17.3. The van der Waals surface area contributed by atoms with E-state index in [0.717, 1.165) is 15.6 Å². The summed E-state index contributed by atoms with van der Waals surface area (Å²) in [4.78, 5) is 9.80. The van der Waals surface area contributed by atoms with Gasteiger partial charge in [0.1, 0.15) is 12.9 Å². The topological polar surface area (TPSA) is 77.6 Å². The summed E-state index contributed by atoms with van der Waals surface area (Å²) in [5.41, 5.74) is 3.14. The molecule has 0 saturated heterocycles. The molecule has 4 aromatic rings. The molecule has 1 N–H and O–H groups in total. The molecule has 0 saturated carbocycles. The van der Waals surface area contributed by atoms with Crippen LogP contribution in [0.4, 0.5) is 10.2 Å². The van der Waals surface area contributed by atoms with Crippen molar-refractivity contribution in [2.24, 2.45) is 0 Å². The van der Waals surface area contributed by atoms with Gasteiger partial charge in [0.2, 0.25) is 12.4 Å². The zero-order valence-corrected chi connectivity index (χ0v) is 22.4. The second-order valence-corrected chi connectivity index (χ2v) is 7.75. The number of pyridine rings is 1. The second-order valence-electron chi connectivity index (χ2n) is 6.90. The van der Waals surface area contributed by atoms with Gasteiger partial charge in [0.15, 0.2) is 0 Å². The summed E-state index contributed by atoms with van der Waals surface area (Å²) in [6.45, 7) is 3.89. The summed E-state index contributed by atoms with van der Waals surface area (Å²) in [6.07, 6.45) is 5.18. The molecule has 165 valence electrons. The maximum absolute atomic E-state index is 13.2. The van der Waals surface area contributed by atoms with Crippen LogP contribution in [0.25, 0.3) is 22.2 Å². The quantitative estimate of drug-likeness (QED) is 0.361. The molecule has 0 fully saturated rings. The van der Waals surface area contributed by atoms with E-state index in [9.17, 15) is 4.39 Å². The Hall–Kier alpha value is -1.94. The monoisotopic (exact) mass is 576 g/mol. The Morgan fingerprint density at radius 3 is 2.59 bits per heavy atom. The molecule has 0 aliphatic heterocycles. The number of benzene rings is 1. The van der Waals surface area contributed by atoms with Crippen LogP contribution >= 0.6 is 15.9 Å². The first-order valence-corrected chi connectivity index (χ1v) is 10.4. The van der Waals surface area contributed by atoms with E-state index >= 15 is 0 Å². The molecular weight excluding hydrogens is 554 g/mol. The molecule has 0 aliphatic carbocycles. The number of fused-ring (bicyclic) bond motifs is 1. The Morgan fingerprint density at radius 2 is 1.94 bits per heavy atom. The molecular formula is C22H23BrFN5O2Y. The summed E-state index contributed by atoms with van der Waals surface area (Å²) in [7, 11) is 1.60. The molecule has 0 unspecified atom stereocenters. The minimum atomic E-state index is -0.286. The van der Waals surface area contributed by atoms with Gasteiger partial charge in [-0.2, -0.15) is 0 Å². The van der Waals surface area contributed by atoms with Crippen LogP contribution in [0.3, 0.4) is 0 Å². The van der Waals surface area contributed by atoms with E-state index in [1.165, 1.54) is 12.1 Å². The smallest absolute Gasteiger partial charge is 0.225 e. The molecule has 3 heterocycles. The van der Waals surface area contributed by atoms with Crippen LogP contribution in [0.5, 0.6) is 0 Å². The molecule has 4 rings (SSSR count). The zero-order chi connectivity index (χ0) is 22.4. The SMILES string of the molecule is CC(C)O.CO[n+]1cccc(C[N-]c2cc(-c3ccc(F)cc3)nc3c(Br)cnn23)c1.[Y]. The van der Waals surface area contributed by atoms with E-state index < -0.39 is 0 Å². The number of nitrogens with zero attached hydrogens (tertiary/aromatic N) is 5. The van der Waals surface area contributed by atoms with Crippen LogP contribution in [0.15, 0.2) is 65.5 Å². The molecule has 0 amide bonds. The van der Waals surface area contributed by atoms with Crippen molar-refractivity contribution < 1.29 is 51.8 Å². The van der Waals surface area contributed by atoms with Crippen LogP contribution < -0.4 is 9.57 Å². The maximum Gasteiger partial charge on any atom is 0.225 e. The first-order chi connectivity index (χ1) is 14.9. The zero-order valence-electron chi connectivity index (χ0n) is 18.0. The van der Waals surface area contributed by atoms with Crippen molar-refractivity contribution in [3.63, 3.8) is 0 Å². The molecule has 10 heteroatoms. The molecule has 32 heavy (non-hydrogen) atoms. The molecule has 7 nitrogen and oxygen atoms in total. The molecule has 0 spiro atoms. The Kier molecular flexibility index (Phi) is 10.2. The fraction of sp³-hybridized carbons (Fsp3) is 0.227. The fourth-order valence-electron chi connectivity index (χ4n) is 2.68. The van der Waals surface area contributed by atoms with Gasteiger partial charge in [-0.05, 0) is 78.5 Å². The van der Waals surface area contributed by atoms with Gasteiger partial charge < -0.3 is 14.9 Å². The molecule has 0 bridgehead atoms. The van der Waals surface area contributed by atoms with E-state index in [0.29, 0.717) is 23.7 Å². The summed E-state index contributed by atoms with van der Waals surface area (Å²) in [5.74, 6) is 0.364. The van der Waals surface area contributed by atoms with Gasteiger partial charge in [-0.3, -0.25) is 9.94 Å². The Balaban J connectivity index is 0.000000672. The van der Waals surface area contributed by atoms with E-state index in [4.69, 9.17) is 15.3 Å². The Bertz CT molecular complexity index is 1150. The van der Waals surface area contributed by atoms with Crippen molar-refractivity contribution in [1.82, 2.24) is 14.6 Å². The molecule has 0 atom stereocenters. The minimum absolute atomic E-state index is 0. The van der Waals surface area contributed by atoms with E-state index in [1.54, 1.807) is 48.5 Å². The third-order valence-electron chi connectivity index (χ3n) is 4.02.